The molecule has 0 radical (unpaired) electrons. The fraction of sp³-hybridized carbons (Fsp3) is 0.462. The van der Waals surface area contributed by atoms with Crippen LogP contribution in [0.15, 0.2) is 5.38 Å². The minimum absolute atomic E-state index is 0.0461. The summed E-state index contributed by atoms with van der Waals surface area (Å²) in [6.07, 6.45) is 0. The van der Waals surface area contributed by atoms with E-state index in [-0.39, 0.29) is 5.41 Å². The molecule has 0 unspecified atom stereocenters. The standard InChI is InChI=1S/C13H17N5S2/c1-13(2,3)12-16-9(6-20-12)11-15-8-5-19-4-7(8)10(17-11)18-14/h6H,4-5,14H2,1-3H3,(H,15,17,18). The molecule has 7 heteroatoms. The lowest BCUT2D eigenvalue weighted by molar-refractivity contribution is 0.586. The van der Waals surface area contributed by atoms with Gasteiger partial charge in [0.15, 0.2) is 5.82 Å². The van der Waals surface area contributed by atoms with E-state index in [1.54, 1.807) is 11.3 Å². The lowest BCUT2D eigenvalue weighted by atomic mass is 9.98. The predicted octanol–water partition coefficient (Wildman–Crippen LogP) is 2.93. The van der Waals surface area contributed by atoms with Gasteiger partial charge in [-0.15, -0.1) is 11.3 Å². The molecule has 0 saturated carbocycles. The third-order valence-corrected chi connectivity index (χ3v) is 5.33. The predicted molar refractivity (Wildman–Crippen MR) is 84.6 cm³/mol. The summed E-state index contributed by atoms with van der Waals surface area (Å²) in [7, 11) is 0. The van der Waals surface area contributed by atoms with Crippen LogP contribution in [0.1, 0.15) is 37.0 Å². The van der Waals surface area contributed by atoms with Gasteiger partial charge in [-0.2, -0.15) is 11.8 Å². The number of nitrogens with two attached hydrogens (primary N) is 1. The summed E-state index contributed by atoms with van der Waals surface area (Å²) in [6, 6.07) is 0. The number of nitrogens with zero attached hydrogens (tertiary/aromatic N) is 3. The number of nitrogens with one attached hydrogen (secondary N) is 1. The number of fused-ring (bicyclic) bond motifs is 1. The van der Waals surface area contributed by atoms with Crippen molar-refractivity contribution in [2.24, 2.45) is 5.84 Å². The zero-order valence-electron chi connectivity index (χ0n) is 11.7. The summed E-state index contributed by atoms with van der Waals surface area (Å²) in [4.78, 5) is 13.8. The average molecular weight is 307 g/mol. The second kappa shape index (κ2) is 4.98. The number of anilines is 1. The van der Waals surface area contributed by atoms with Gasteiger partial charge in [0, 0.05) is 27.9 Å². The Hall–Kier alpha value is -1.18. The van der Waals surface area contributed by atoms with Crippen LogP contribution >= 0.6 is 23.1 Å². The average Bonchev–Trinajstić information content (AvgIpc) is 3.05. The van der Waals surface area contributed by atoms with Crippen molar-refractivity contribution in [1.82, 2.24) is 15.0 Å². The van der Waals surface area contributed by atoms with Crippen molar-refractivity contribution in [3.63, 3.8) is 0 Å². The summed E-state index contributed by atoms with van der Waals surface area (Å²) in [6.45, 7) is 6.47. The van der Waals surface area contributed by atoms with E-state index in [0.717, 1.165) is 39.3 Å². The molecular formula is C13H17N5S2. The number of rotatable bonds is 2. The Bertz CT molecular complexity index is 645. The van der Waals surface area contributed by atoms with Crippen molar-refractivity contribution >= 4 is 28.9 Å². The van der Waals surface area contributed by atoms with Crippen molar-refractivity contribution < 1.29 is 0 Å². The Balaban J connectivity index is 2.05. The monoisotopic (exact) mass is 307 g/mol. The highest BCUT2D eigenvalue weighted by atomic mass is 32.2. The molecule has 0 aromatic carbocycles. The molecular weight excluding hydrogens is 290 g/mol. The highest BCUT2D eigenvalue weighted by molar-refractivity contribution is 7.98. The number of hydrogen-bond donors (Lipinski definition) is 2. The maximum absolute atomic E-state index is 5.58. The van der Waals surface area contributed by atoms with Gasteiger partial charge >= 0.3 is 0 Å². The molecule has 3 N–H and O–H groups in total. The first-order valence-corrected chi connectivity index (χ1v) is 8.43. The van der Waals surface area contributed by atoms with Crippen LogP contribution in [-0.4, -0.2) is 15.0 Å². The Kier molecular flexibility index (Phi) is 3.43. The van der Waals surface area contributed by atoms with Gasteiger partial charge in [0.1, 0.15) is 11.5 Å². The van der Waals surface area contributed by atoms with E-state index in [0.29, 0.717) is 5.82 Å². The van der Waals surface area contributed by atoms with E-state index < -0.39 is 0 Å². The molecule has 2 aromatic heterocycles. The second-order valence-electron chi connectivity index (χ2n) is 5.75. The molecule has 5 nitrogen and oxygen atoms in total. The smallest absolute Gasteiger partial charge is 0.181 e. The van der Waals surface area contributed by atoms with E-state index in [4.69, 9.17) is 5.84 Å². The van der Waals surface area contributed by atoms with Crippen molar-refractivity contribution in [2.75, 3.05) is 5.43 Å². The fourth-order valence-corrected chi connectivity index (χ4v) is 3.93. The fourth-order valence-electron chi connectivity index (χ4n) is 2.01. The number of thioether (sulfide) groups is 1. The summed E-state index contributed by atoms with van der Waals surface area (Å²) in [5, 5.41) is 3.11. The quantitative estimate of drug-likeness (QED) is 0.656. The molecule has 0 saturated heterocycles. The van der Waals surface area contributed by atoms with Gasteiger partial charge < -0.3 is 5.43 Å². The first kappa shape index (κ1) is 13.8. The van der Waals surface area contributed by atoms with Gasteiger partial charge in [0.25, 0.3) is 0 Å². The number of thiazole rings is 1. The minimum Gasteiger partial charge on any atom is -0.308 e. The molecule has 0 bridgehead atoms. The molecule has 0 aliphatic carbocycles. The highest BCUT2D eigenvalue weighted by Crippen LogP contribution is 2.35. The topological polar surface area (TPSA) is 76.7 Å². The first-order chi connectivity index (χ1) is 9.49. The van der Waals surface area contributed by atoms with Crippen LogP contribution in [0.2, 0.25) is 0 Å². The molecule has 3 rings (SSSR count). The van der Waals surface area contributed by atoms with E-state index >= 15 is 0 Å². The number of hydrazine groups is 1. The van der Waals surface area contributed by atoms with Crippen LogP contribution in [0.5, 0.6) is 0 Å². The lowest BCUT2D eigenvalue weighted by Crippen LogP contribution is -2.13. The van der Waals surface area contributed by atoms with Crippen LogP contribution in [0.25, 0.3) is 11.5 Å². The van der Waals surface area contributed by atoms with E-state index in [9.17, 15) is 0 Å². The van der Waals surface area contributed by atoms with Gasteiger partial charge in [0.05, 0.1) is 10.7 Å². The molecule has 3 heterocycles. The molecule has 0 amide bonds. The van der Waals surface area contributed by atoms with Gasteiger partial charge in [0.2, 0.25) is 0 Å². The largest absolute Gasteiger partial charge is 0.308 e. The normalized spacial score (nSPS) is 14.4. The molecule has 106 valence electrons. The van der Waals surface area contributed by atoms with Gasteiger partial charge in [-0.1, -0.05) is 20.8 Å². The number of hydrogen-bond acceptors (Lipinski definition) is 7. The molecule has 2 aromatic rings. The third kappa shape index (κ3) is 2.41. The summed E-state index contributed by atoms with van der Waals surface area (Å²) in [5.41, 5.74) is 5.75. The lowest BCUT2D eigenvalue weighted by Gasteiger charge is -2.13. The Labute approximate surface area is 126 Å². The van der Waals surface area contributed by atoms with Crippen molar-refractivity contribution in [1.29, 1.82) is 0 Å². The van der Waals surface area contributed by atoms with Gasteiger partial charge in [-0.3, -0.25) is 0 Å². The van der Waals surface area contributed by atoms with Crippen LogP contribution < -0.4 is 11.3 Å². The van der Waals surface area contributed by atoms with Crippen molar-refractivity contribution in [3.05, 3.63) is 21.6 Å². The SMILES string of the molecule is CC(C)(C)c1nc(-c2nc3c(c(NN)n2)CSC3)cs1. The van der Waals surface area contributed by atoms with Crippen LogP contribution in [0.3, 0.4) is 0 Å². The molecule has 0 atom stereocenters. The molecule has 20 heavy (non-hydrogen) atoms. The van der Waals surface area contributed by atoms with E-state index in [2.05, 4.69) is 41.1 Å². The third-order valence-electron chi connectivity index (χ3n) is 3.09. The maximum atomic E-state index is 5.58. The molecule has 1 aliphatic heterocycles. The Morgan fingerprint density at radius 3 is 2.65 bits per heavy atom. The first-order valence-electron chi connectivity index (χ1n) is 6.39. The number of nitrogen functional groups attached to an aromatic ring is 1. The Morgan fingerprint density at radius 2 is 2.00 bits per heavy atom. The second-order valence-corrected chi connectivity index (χ2v) is 7.59. The molecule has 1 aliphatic rings. The van der Waals surface area contributed by atoms with Crippen LogP contribution in [0, 0.1) is 0 Å². The summed E-state index contributed by atoms with van der Waals surface area (Å²) >= 11 is 3.48. The van der Waals surface area contributed by atoms with E-state index in [1.165, 1.54) is 0 Å². The van der Waals surface area contributed by atoms with E-state index in [1.807, 2.05) is 17.1 Å². The number of aromatic nitrogens is 3. The Morgan fingerprint density at radius 1 is 1.20 bits per heavy atom. The van der Waals surface area contributed by atoms with Crippen LogP contribution in [0.4, 0.5) is 5.82 Å². The maximum Gasteiger partial charge on any atom is 0.181 e. The summed E-state index contributed by atoms with van der Waals surface area (Å²) in [5.74, 6) is 8.79. The highest BCUT2D eigenvalue weighted by Gasteiger charge is 2.23. The minimum atomic E-state index is 0.0461. The zero-order chi connectivity index (χ0) is 14.3. The van der Waals surface area contributed by atoms with Crippen molar-refractivity contribution in [2.45, 2.75) is 37.7 Å². The summed E-state index contributed by atoms with van der Waals surface area (Å²) < 4.78 is 0. The van der Waals surface area contributed by atoms with Gasteiger partial charge in [-0.05, 0) is 0 Å². The molecule has 0 spiro atoms. The molecule has 0 fully saturated rings. The zero-order valence-corrected chi connectivity index (χ0v) is 13.4. The van der Waals surface area contributed by atoms with Gasteiger partial charge in [-0.25, -0.2) is 20.8 Å². The van der Waals surface area contributed by atoms with Crippen LogP contribution in [-0.2, 0) is 16.9 Å². The van der Waals surface area contributed by atoms with Crippen molar-refractivity contribution in [3.8, 4) is 11.5 Å².